The Kier molecular flexibility index (Phi) is 6.28. The molecule has 0 aromatic heterocycles. The molecular weight excluding hydrogens is 487 g/mol. The van der Waals surface area contributed by atoms with Crippen LogP contribution in [-0.4, -0.2) is 33.4 Å². The van der Waals surface area contributed by atoms with Crippen LogP contribution in [0.5, 0.6) is 0 Å². The highest BCUT2D eigenvalue weighted by Crippen LogP contribution is 2.45. The van der Waals surface area contributed by atoms with Crippen molar-refractivity contribution in [3.05, 3.63) is 81.4 Å². The van der Waals surface area contributed by atoms with Crippen LogP contribution >= 0.6 is 23.2 Å². The molecule has 2 aromatic carbocycles. The first-order chi connectivity index (χ1) is 16.8. The summed E-state index contributed by atoms with van der Waals surface area (Å²) >= 11 is 12.5. The van der Waals surface area contributed by atoms with Gasteiger partial charge in [0.05, 0.1) is 30.8 Å². The molecule has 2 heterocycles. The van der Waals surface area contributed by atoms with Crippen molar-refractivity contribution in [3.63, 3.8) is 0 Å². The standard InChI is InChI=1S/C27H24Cl2N2O4/c1-15-10-18(19-12-23(32)30(25(19)33)13-16-6-2-4-8-21(16)28)11-20-24(15)27(35)31(26(20)34)14-17-7-3-5-9-22(17)29/h2-10,18-20,24H,11-14H2,1H3/t18-,19-,20+,24-/m0/s1. The normalized spacial score (nSPS) is 26.4. The van der Waals surface area contributed by atoms with E-state index >= 15 is 0 Å². The maximum absolute atomic E-state index is 13.3. The van der Waals surface area contributed by atoms with Crippen molar-refractivity contribution < 1.29 is 19.2 Å². The smallest absolute Gasteiger partial charge is 0.237 e. The molecule has 2 fully saturated rings. The van der Waals surface area contributed by atoms with Gasteiger partial charge in [-0.25, -0.2) is 0 Å². The number of hydrogen-bond donors (Lipinski definition) is 0. The van der Waals surface area contributed by atoms with Crippen LogP contribution in [0.1, 0.15) is 30.9 Å². The van der Waals surface area contributed by atoms with E-state index in [1.54, 1.807) is 36.4 Å². The van der Waals surface area contributed by atoms with Crippen LogP contribution in [0.25, 0.3) is 0 Å². The van der Waals surface area contributed by atoms with Gasteiger partial charge in [-0.05, 0) is 42.5 Å². The largest absolute Gasteiger partial charge is 0.278 e. The minimum absolute atomic E-state index is 0.0839. The van der Waals surface area contributed by atoms with E-state index in [0.29, 0.717) is 27.6 Å². The number of allylic oxidation sites excluding steroid dienone is 1. The Morgan fingerprint density at radius 2 is 1.31 bits per heavy atom. The third kappa shape index (κ3) is 4.19. The predicted octanol–water partition coefficient (Wildman–Crippen LogP) is 4.64. The number of nitrogens with zero attached hydrogens (tertiary/aromatic N) is 2. The molecule has 0 radical (unpaired) electrons. The van der Waals surface area contributed by atoms with Crippen molar-refractivity contribution in [1.29, 1.82) is 0 Å². The van der Waals surface area contributed by atoms with E-state index in [9.17, 15) is 19.2 Å². The van der Waals surface area contributed by atoms with Crippen LogP contribution in [0, 0.1) is 23.7 Å². The minimum Gasteiger partial charge on any atom is -0.278 e. The molecule has 0 saturated carbocycles. The van der Waals surface area contributed by atoms with Gasteiger partial charge in [0.15, 0.2) is 0 Å². The molecule has 2 aromatic rings. The zero-order valence-corrected chi connectivity index (χ0v) is 20.6. The predicted molar refractivity (Wildman–Crippen MR) is 131 cm³/mol. The average Bonchev–Trinajstić information content (AvgIpc) is 3.24. The Hall–Kier alpha value is -2.96. The first kappa shape index (κ1) is 23.8. The van der Waals surface area contributed by atoms with Gasteiger partial charge in [0.2, 0.25) is 23.6 Å². The maximum atomic E-state index is 13.3. The van der Waals surface area contributed by atoms with Crippen molar-refractivity contribution >= 4 is 46.8 Å². The lowest BCUT2D eigenvalue weighted by molar-refractivity contribution is -0.142. The van der Waals surface area contributed by atoms with Gasteiger partial charge in [0, 0.05) is 16.5 Å². The highest BCUT2D eigenvalue weighted by molar-refractivity contribution is 6.31. The molecule has 3 aliphatic rings. The van der Waals surface area contributed by atoms with Gasteiger partial charge in [0.1, 0.15) is 0 Å². The highest BCUT2D eigenvalue weighted by atomic mass is 35.5. The van der Waals surface area contributed by atoms with E-state index in [1.807, 2.05) is 25.1 Å². The number of likely N-dealkylation sites (tertiary alicyclic amines) is 2. The van der Waals surface area contributed by atoms with Crippen LogP contribution in [0.4, 0.5) is 0 Å². The Bertz CT molecular complexity index is 1270. The molecule has 2 aliphatic heterocycles. The quantitative estimate of drug-likeness (QED) is 0.433. The molecule has 180 valence electrons. The van der Waals surface area contributed by atoms with Crippen molar-refractivity contribution in [1.82, 2.24) is 9.80 Å². The van der Waals surface area contributed by atoms with Crippen LogP contribution in [0.3, 0.4) is 0 Å². The Labute approximate surface area is 213 Å². The lowest BCUT2D eigenvalue weighted by Crippen LogP contribution is -2.34. The summed E-state index contributed by atoms with van der Waals surface area (Å²) in [4.78, 5) is 55.1. The molecule has 0 N–H and O–H groups in total. The topological polar surface area (TPSA) is 74.8 Å². The van der Waals surface area contributed by atoms with Gasteiger partial charge in [-0.2, -0.15) is 0 Å². The second-order valence-corrected chi connectivity index (χ2v) is 10.3. The fourth-order valence-corrected chi connectivity index (χ4v) is 5.97. The summed E-state index contributed by atoms with van der Waals surface area (Å²) in [6.45, 7) is 2.07. The Morgan fingerprint density at radius 3 is 1.91 bits per heavy atom. The molecule has 2 saturated heterocycles. The van der Waals surface area contributed by atoms with Gasteiger partial charge >= 0.3 is 0 Å². The lowest BCUT2D eigenvalue weighted by Gasteiger charge is -2.29. The van der Waals surface area contributed by atoms with Gasteiger partial charge in [-0.1, -0.05) is 71.2 Å². The molecule has 6 nitrogen and oxygen atoms in total. The number of hydrogen-bond acceptors (Lipinski definition) is 4. The third-order valence-electron chi connectivity index (χ3n) is 7.38. The zero-order valence-electron chi connectivity index (χ0n) is 19.1. The number of benzene rings is 2. The van der Waals surface area contributed by atoms with Gasteiger partial charge in [-0.15, -0.1) is 0 Å². The molecule has 4 atom stereocenters. The molecule has 8 heteroatoms. The number of carbonyl (C=O) groups is 4. The number of amides is 4. The molecule has 5 rings (SSSR count). The second-order valence-electron chi connectivity index (χ2n) is 9.47. The second kappa shape index (κ2) is 9.25. The molecular formula is C27H24Cl2N2O4. The van der Waals surface area contributed by atoms with Gasteiger partial charge < -0.3 is 0 Å². The molecule has 4 amide bonds. The van der Waals surface area contributed by atoms with E-state index in [-0.39, 0.29) is 49.1 Å². The first-order valence-electron chi connectivity index (χ1n) is 11.6. The van der Waals surface area contributed by atoms with E-state index in [0.717, 1.165) is 5.57 Å². The minimum atomic E-state index is -0.554. The number of rotatable bonds is 5. The summed E-state index contributed by atoms with van der Waals surface area (Å²) in [5, 5.41) is 1.00. The SMILES string of the molecule is CC1=C[C@H]([C@@H]2CC(=O)N(Cc3ccccc3Cl)C2=O)C[C@H]2C(=O)N(Cc3ccccc3Cl)C(=O)[C@@H]12. The molecule has 0 spiro atoms. The van der Waals surface area contributed by atoms with Crippen LogP contribution in [0.2, 0.25) is 10.0 Å². The van der Waals surface area contributed by atoms with Gasteiger partial charge in [-0.3, -0.25) is 29.0 Å². The van der Waals surface area contributed by atoms with Crippen LogP contribution in [-0.2, 0) is 32.3 Å². The monoisotopic (exact) mass is 510 g/mol. The molecule has 1 aliphatic carbocycles. The van der Waals surface area contributed by atoms with E-state index in [1.165, 1.54) is 9.80 Å². The summed E-state index contributed by atoms with van der Waals surface area (Å²) in [6.07, 6.45) is 2.36. The fourth-order valence-electron chi connectivity index (χ4n) is 5.58. The highest BCUT2D eigenvalue weighted by Gasteiger charge is 2.53. The Balaban J connectivity index is 1.34. The fraction of sp³-hybridized carbons (Fsp3) is 0.333. The summed E-state index contributed by atoms with van der Waals surface area (Å²) < 4.78 is 0. The molecule has 0 bridgehead atoms. The van der Waals surface area contributed by atoms with Gasteiger partial charge in [0.25, 0.3) is 0 Å². The maximum Gasteiger partial charge on any atom is 0.237 e. The van der Waals surface area contributed by atoms with E-state index < -0.39 is 17.8 Å². The first-order valence-corrected chi connectivity index (χ1v) is 12.4. The van der Waals surface area contributed by atoms with Crippen molar-refractivity contribution in [2.45, 2.75) is 32.9 Å². The third-order valence-corrected chi connectivity index (χ3v) is 8.12. The van der Waals surface area contributed by atoms with Crippen LogP contribution < -0.4 is 0 Å². The summed E-state index contributed by atoms with van der Waals surface area (Å²) in [5.41, 5.74) is 2.19. The lowest BCUT2D eigenvalue weighted by atomic mass is 9.71. The zero-order chi connectivity index (χ0) is 24.9. The molecule has 0 unspecified atom stereocenters. The molecule has 35 heavy (non-hydrogen) atoms. The number of carbonyl (C=O) groups excluding carboxylic acids is 4. The Morgan fingerprint density at radius 1 is 0.771 bits per heavy atom. The number of imide groups is 2. The summed E-state index contributed by atoms with van der Waals surface area (Å²) in [7, 11) is 0. The van der Waals surface area contributed by atoms with Crippen molar-refractivity contribution in [2.24, 2.45) is 23.7 Å². The average molecular weight is 511 g/mol. The summed E-state index contributed by atoms with van der Waals surface area (Å²) in [5.74, 6) is -2.91. The van der Waals surface area contributed by atoms with Crippen LogP contribution in [0.15, 0.2) is 60.2 Å². The van der Waals surface area contributed by atoms with Crippen molar-refractivity contribution in [2.75, 3.05) is 0 Å². The number of halogens is 2. The number of fused-ring (bicyclic) bond motifs is 1. The van der Waals surface area contributed by atoms with E-state index in [2.05, 4.69) is 0 Å². The summed E-state index contributed by atoms with van der Waals surface area (Å²) in [6, 6.07) is 14.3. The van der Waals surface area contributed by atoms with E-state index in [4.69, 9.17) is 23.2 Å². The van der Waals surface area contributed by atoms with Crippen molar-refractivity contribution in [3.8, 4) is 0 Å².